The van der Waals surface area contributed by atoms with Crippen LogP contribution in [0.4, 0.5) is 11.4 Å². The minimum Gasteiger partial charge on any atom is -0.399 e. The molecule has 23 heavy (non-hydrogen) atoms. The monoisotopic (exact) mass is 305 g/mol. The van der Waals surface area contributed by atoms with Crippen LogP contribution in [0.1, 0.15) is 11.1 Å². The van der Waals surface area contributed by atoms with Crippen molar-refractivity contribution in [1.82, 2.24) is 5.32 Å². The first-order valence-corrected chi connectivity index (χ1v) is 7.49. The summed E-state index contributed by atoms with van der Waals surface area (Å²) in [7, 11) is 0. The van der Waals surface area contributed by atoms with E-state index in [9.17, 15) is 4.79 Å². The van der Waals surface area contributed by atoms with E-state index in [2.05, 4.69) is 5.32 Å². The Kier molecular flexibility index (Phi) is 4.26. The van der Waals surface area contributed by atoms with E-state index in [1.807, 2.05) is 60.7 Å². The van der Waals surface area contributed by atoms with E-state index in [1.165, 1.54) is 0 Å². The highest BCUT2D eigenvalue weighted by atomic mass is 16.1. The van der Waals surface area contributed by atoms with Gasteiger partial charge in [-0.1, -0.05) is 24.3 Å². The highest BCUT2D eigenvalue weighted by Gasteiger charge is 2.20. The van der Waals surface area contributed by atoms with Crippen molar-refractivity contribution in [3.8, 4) is 0 Å². The fourth-order valence-electron chi connectivity index (χ4n) is 2.63. The SMILES string of the molecule is Nc1cccc(C=C2CNCC(=Cc3cccc(N)c3)C2=O)c1. The number of nitrogens with two attached hydrogens (primary N) is 2. The van der Waals surface area contributed by atoms with Crippen molar-refractivity contribution < 1.29 is 4.79 Å². The molecule has 0 radical (unpaired) electrons. The van der Waals surface area contributed by atoms with Gasteiger partial charge in [-0.3, -0.25) is 4.79 Å². The number of ketones is 1. The zero-order valence-corrected chi connectivity index (χ0v) is 12.8. The molecule has 0 bridgehead atoms. The zero-order chi connectivity index (χ0) is 16.2. The fourth-order valence-corrected chi connectivity index (χ4v) is 2.63. The van der Waals surface area contributed by atoms with Crippen molar-refractivity contribution in [1.29, 1.82) is 0 Å². The van der Waals surface area contributed by atoms with E-state index < -0.39 is 0 Å². The molecule has 2 aromatic carbocycles. The van der Waals surface area contributed by atoms with Crippen LogP contribution in [-0.4, -0.2) is 18.9 Å². The maximum absolute atomic E-state index is 12.7. The van der Waals surface area contributed by atoms with Crippen LogP contribution in [0.15, 0.2) is 59.7 Å². The Balaban J connectivity index is 1.89. The van der Waals surface area contributed by atoms with Gasteiger partial charge in [-0.05, 0) is 47.5 Å². The molecular formula is C19H19N3O. The molecule has 0 atom stereocenters. The Morgan fingerprint density at radius 2 is 1.30 bits per heavy atom. The number of rotatable bonds is 2. The molecule has 0 saturated carbocycles. The van der Waals surface area contributed by atoms with Gasteiger partial charge in [0.2, 0.25) is 0 Å². The number of nitrogen functional groups attached to an aromatic ring is 2. The highest BCUT2D eigenvalue weighted by Crippen LogP contribution is 2.19. The summed E-state index contributed by atoms with van der Waals surface area (Å²) in [6.45, 7) is 1.11. The first kappa shape index (κ1) is 15.1. The van der Waals surface area contributed by atoms with Crippen LogP contribution >= 0.6 is 0 Å². The Hall–Kier alpha value is -2.85. The summed E-state index contributed by atoms with van der Waals surface area (Å²) >= 11 is 0. The van der Waals surface area contributed by atoms with Crippen LogP contribution in [-0.2, 0) is 4.79 Å². The average Bonchev–Trinajstić information content (AvgIpc) is 2.51. The number of Topliss-reactive ketones (excluding diaryl/α,β-unsaturated/α-hetero) is 1. The summed E-state index contributed by atoms with van der Waals surface area (Å²) < 4.78 is 0. The number of hydrogen-bond acceptors (Lipinski definition) is 4. The molecule has 1 heterocycles. The average molecular weight is 305 g/mol. The van der Waals surface area contributed by atoms with E-state index in [4.69, 9.17) is 11.5 Å². The Bertz CT molecular complexity index is 740. The molecule has 0 aliphatic carbocycles. The zero-order valence-electron chi connectivity index (χ0n) is 12.8. The molecule has 1 aliphatic rings. The van der Waals surface area contributed by atoms with E-state index in [0.717, 1.165) is 22.3 Å². The molecule has 4 heteroatoms. The van der Waals surface area contributed by atoms with Gasteiger partial charge in [0, 0.05) is 35.6 Å². The molecule has 5 N–H and O–H groups in total. The second-order valence-corrected chi connectivity index (χ2v) is 5.61. The summed E-state index contributed by atoms with van der Waals surface area (Å²) in [5, 5.41) is 3.27. The van der Waals surface area contributed by atoms with Crippen molar-refractivity contribution in [3.63, 3.8) is 0 Å². The van der Waals surface area contributed by atoms with Gasteiger partial charge in [-0.15, -0.1) is 0 Å². The molecule has 1 aliphatic heterocycles. The standard InChI is InChI=1S/C19H19N3O/c20-17-5-1-3-13(9-17)7-15-11-22-12-16(19(15)23)8-14-4-2-6-18(21)10-14/h1-10,22H,11-12,20-21H2. The molecule has 1 saturated heterocycles. The summed E-state index contributed by atoms with van der Waals surface area (Å²) in [5.74, 6) is 0.0635. The van der Waals surface area contributed by atoms with Gasteiger partial charge in [-0.25, -0.2) is 0 Å². The van der Waals surface area contributed by atoms with Crippen molar-refractivity contribution >= 4 is 29.3 Å². The second-order valence-electron chi connectivity index (χ2n) is 5.61. The molecular weight excluding hydrogens is 286 g/mol. The summed E-state index contributed by atoms with van der Waals surface area (Å²) in [4.78, 5) is 12.7. The second kappa shape index (κ2) is 6.50. The van der Waals surface area contributed by atoms with Gasteiger partial charge in [-0.2, -0.15) is 0 Å². The Morgan fingerprint density at radius 3 is 1.74 bits per heavy atom. The minimum absolute atomic E-state index is 0.0635. The van der Waals surface area contributed by atoms with E-state index in [-0.39, 0.29) is 5.78 Å². The predicted molar refractivity (Wildman–Crippen MR) is 95.5 cm³/mol. The molecule has 0 spiro atoms. The van der Waals surface area contributed by atoms with Gasteiger partial charge in [0.25, 0.3) is 0 Å². The molecule has 2 aromatic rings. The number of anilines is 2. The molecule has 116 valence electrons. The quantitative estimate of drug-likeness (QED) is 0.588. The van der Waals surface area contributed by atoms with Gasteiger partial charge >= 0.3 is 0 Å². The fraction of sp³-hybridized carbons (Fsp3) is 0.105. The highest BCUT2D eigenvalue weighted by molar-refractivity contribution is 6.14. The number of benzene rings is 2. The Morgan fingerprint density at radius 1 is 0.826 bits per heavy atom. The summed E-state index contributed by atoms with van der Waals surface area (Å²) in [6, 6.07) is 15.0. The van der Waals surface area contributed by atoms with Crippen LogP contribution in [0, 0.1) is 0 Å². The van der Waals surface area contributed by atoms with Crippen LogP contribution in [0.3, 0.4) is 0 Å². The van der Waals surface area contributed by atoms with Gasteiger partial charge < -0.3 is 16.8 Å². The molecule has 3 rings (SSSR count). The maximum Gasteiger partial charge on any atom is 0.187 e. The largest absolute Gasteiger partial charge is 0.399 e. The topological polar surface area (TPSA) is 81.1 Å². The number of hydrogen-bond donors (Lipinski definition) is 3. The molecule has 0 amide bonds. The van der Waals surface area contributed by atoms with Crippen molar-refractivity contribution in [2.24, 2.45) is 0 Å². The van der Waals surface area contributed by atoms with Gasteiger partial charge in [0.05, 0.1) is 0 Å². The lowest BCUT2D eigenvalue weighted by atomic mass is 9.95. The third-order valence-corrected chi connectivity index (χ3v) is 3.72. The van der Waals surface area contributed by atoms with Crippen LogP contribution in [0.2, 0.25) is 0 Å². The normalized spacial score (nSPS) is 18.5. The first-order valence-electron chi connectivity index (χ1n) is 7.49. The summed E-state index contributed by atoms with van der Waals surface area (Å²) in [6.07, 6.45) is 3.77. The van der Waals surface area contributed by atoms with Crippen LogP contribution in [0.5, 0.6) is 0 Å². The lowest BCUT2D eigenvalue weighted by Crippen LogP contribution is -2.32. The van der Waals surface area contributed by atoms with Crippen molar-refractivity contribution in [2.75, 3.05) is 24.6 Å². The number of carbonyl (C=O) groups excluding carboxylic acids is 1. The van der Waals surface area contributed by atoms with Crippen molar-refractivity contribution in [3.05, 3.63) is 70.8 Å². The van der Waals surface area contributed by atoms with Gasteiger partial charge in [0.1, 0.15) is 0 Å². The number of nitrogens with one attached hydrogen (secondary N) is 1. The Labute approximate surface area is 135 Å². The number of carbonyl (C=O) groups is 1. The third-order valence-electron chi connectivity index (χ3n) is 3.72. The molecule has 4 nitrogen and oxygen atoms in total. The molecule has 1 fully saturated rings. The minimum atomic E-state index is 0.0635. The molecule has 0 unspecified atom stereocenters. The maximum atomic E-state index is 12.7. The smallest absolute Gasteiger partial charge is 0.187 e. The molecule has 0 aromatic heterocycles. The lowest BCUT2D eigenvalue weighted by molar-refractivity contribution is -0.112. The lowest BCUT2D eigenvalue weighted by Gasteiger charge is -2.18. The van der Waals surface area contributed by atoms with Crippen LogP contribution < -0.4 is 16.8 Å². The first-order chi connectivity index (χ1) is 11.1. The van der Waals surface area contributed by atoms with Crippen molar-refractivity contribution in [2.45, 2.75) is 0 Å². The van der Waals surface area contributed by atoms with E-state index in [0.29, 0.717) is 24.5 Å². The predicted octanol–water partition coefficient (Wildman–Crippen LogP) is 2.49. The van der Waals surface area contributed by atoms with Gasteiger partial charge in [0.15, 0.2) is 5.78 Å². The van der Waals surface area contributed by atoms with E-state index in [1.54, 1.807) is 0 Å². The van der Waals surface area contributed by atoms with E-state index >= 15 is 0 Å². The van der Waals surface area contributed by atoms with Crippen LogP contribution in [0.25, 0.3) is 12.2 Å². The third kappa shape index (κ3) is 3.67. The summed E-state index contributed by atoms with van der Waals surface area (Å²) in [5.41, 5.74) is 16.3. The number of piperidine rings is 1.